The maximum Gasteiger partial charge on any atom is 0.222 e. The van der Waals surface area contributed by atoms with E-state index in [-0.39, 0.29) is 5.78 Å². The van der Waals surface area contributed by atoms with Crippen LogP contribution in [0.25, 0.3) is 0 Å². The second kappa shape index (κ2) is 10.5. The summed E-state index contributed by atoms with van der Waals surface area (Å²) < 4.78 is 6.95. The fourth-order valence-electron chi connectivity index (χ4n) is 4.97. The third-order valence-electron chi connectivity index (χ3n) is 6.72. The van der Waals surface area contributed by atoms with Gasteiger partial charge < -0.3 is 4.74 Å². The molecule has 1 aliphatic rings. The molecule has 0 saturated heterocycles. The fraction of sp³-hybridized carbons (Fsp3) is 0.182. The molecule has 0 radical (unpaired) electrons. The first-order chi connectivity index (χ1) is 18.0. The zero-order valence-corrected chi connectivity index (χ0v) is 23.1. The molecule has 5 rings (SSSR count). The molecule has 4 aromatic rings. The van der Waals surface area contributed by atoms with Crippen LogP contribution in [0.3, 0.4) is 0 Å². The van der Waals surface area contributed by atoms with Crippen LogP contribution in [0.1, 0.15) is 43.7 Å². The molecule has 1 aliphatic carbocycles. The lowest BCUT2D eigenvalue weighted by atomic mass is 9.71. The zero-order valence-electron chi connectivity index (χ0n) is 21.4. The third kappa shape index (κ3) is 4.70. The van der Waals surface area contributed by atoms with E-state index in [9.17, 15) is 4.79 Å². The van der Waals surface area contributed by atoms with E-state index in [2.05, 4.69) is 60.8 Å². The number of rotatable bonds is 5. The Bertz CT molecular complexity index is 1470. The molecule has 0 unspecified atom stereocenters. The summed E-state index contributed by atoms with van der Waals surface area (Å²) in [5.74, 6) is 7.77. The summed E-state index contributed by atoms with van der Waals surface area (Å²) in [5.41, 5.74) is 4.90. The Morgan fingerprint density at radius 3 is 1.78 bits per heavy atom. The van der Waals surface area contributed by atoms with Crippen molar-refractivity contribution in [2.24, 2.45) is 0 Å². The number of hydrogen-bond donors (Lipinski definition) is 0. The Morgan fingerprint density at radius 1 is 0.757 bits per heavy atom. The van der Waals surface area contributed by atoms with Crippen molar-refractivity contribution in [2.45, 2.75) is 35.7 Å². The van der Waals surface area contributed by atoms with Crippen LogP contribution in [0.4, 0.5) is 0 Å². The smallest absolute Gasteiger partial charge is 0.222 e. The highest BCUT2D eigenvalue weighted by Gasteiger charge is 2.47. The Kier molecular flexibility index (Phi) is 7.20. The quantitative estimate of drug-likeness (QED) is 0.198. The van der Waals surface area contributed by atoms with Crippen LogP contribution >= 0.6 is 23.5 Å². The molecule has 37 heavy (non-hydrogen) atoms. The predicted molar refractivity (Wildman–Crippen MR) is 155 cm³/mol. The van der Waals surface area contributed by atoms with E-state index in [4.69, 9.17) is 4.74 Å². The molecule has 0 amide bonds. The van der Waals surface area contributed by atoms with Gasteiger partial charge in [-0.15, -0.1) is 23.5 Å². The second-order valence-corrected chi connectivity index (χ2v) is 10.9. The highest BCUT2D eigenvalue weighted by molar-refractivity contribution is 7.98. The monoisotopic (exact) mass is 520 g/mol. The van der Waals surface area contributed by atoms with Gasteiger partial charge in [-0.25, -0.2) is 0 Å². The van der Waals surface area contributed by atoms with Crippen LogP contribution in [-0.4, -0.2) is 18.3 Å². The molecule has 0 fully saturated rings. The Morgan fingerprint density at radius 2 is 1.27 bits per heavy atom. The lowest BCUT2D eigenvalue weighted by Gasteiger charge is -2.38. The van der Waals surface area contributed by atoms with E-state index in [0.29, 0.717) is 23.3 Å². The van der Waals surface area contributed by atoms with Crippen molar-refractivity contribution < 1.29 is 9.53 Å². The summed E-state index contributed by atoms with van der Waals surface area (Å²) in [7, 11) is 0. The normalized spacial score (nSPS) is 13.2. The second-order valence-electron chi connectivity index (χ2n) is 9.12. The molecule has 0 aromatic heterocycles. The third-order valence-corrected chi connectivity index (χ3v) is 8.13. The predicted octanol–water partition coefficient (Wildman–Crippen LogP) is 7.86. The molecule has 184 valence electrons. The van der Waals surface area contributed by atoms with E-state index < -0.39 is 5.60 Å². The summed E-state index contributed by atoms with van der Waals surface area (Å²) in [6.07, 6.45) is 4.69. The van der Waals surface area contributed by atoms with E-state index in [1.807, 2.05) is 62.4 Å². The molecule has 0 N–H and O–H groups in total. The topological polar surface area (TPSA) is 26.3 Å². The standard InChI is InChI=1S/C33H28O2S2/c1-22-18-26(36-3)20-28-30(22)32(34)31-23(2)19-27(37-4)21-29(31)33(28,35-25-15-9-6-10-16-25)17-11-14-24-12-7-5-8-13-24/h5-10,12-13,15-16,18-21H,14H2,1-4H3. The minimum Gasteiger partial charge on any atom is -0.466 e. The zero-order chi connectivity index (χ0) is 26.0. The van der Waals surface area contributed by atoms with E-state index >= 15 is 0 Å². The Hall–Kier alpha value is -3.39. The molecule has 4 aromatic carbocycles. The molecule has 0 bridgehead atoms. The maximum atomic E-state index is 14.1. The SMILES string of the molecule is CSc1cc(C)c2c(c1)C(C#CCc1ccccc1)(Oc1ccccc1)c1cc(SC)cc(C)c1C2=O. The van der Waals surface area contributed by atoms with Gasteiger partial charge in [-0.05, 0) is 85.4 Å². The minimum absolute atomic E-state index is 0.0393. The summed E-state index contributed by atoms with van der Waals surface area (Å²) in [6, 6.07) is 28.4. The number of ketones is 1. The first kappa shape index (κ1) is 25.3. The van der Waals surface area contributed by atoms with Crippen molar-refractivity contribution in [1.82, 2.24) is 0 Å². The minimum atomic E-state index is -1.14. The van der Waals surface area contributed by atoms with Crippen LogP contribution in [0.2, 0.25) is 0 Å². The van der Waals surface area contributed by atoms with Gasteiger partial charge in [-0.3, -0.25) is 4.79 Å². The number of thioether (sulfide) groups is 2. The van der Waals surface area contributed by atoms with Gasteiger partial charge in [0, 0.05) is 38.5 Å². The van der Waals surface area contributed by atoms with Gasteiger partial charge in [-0.1, -0.05) is 54.5 Å². The van der Waals surface area contributed by atoms with Gasteiger partial charge >= 0.3 is 0 Å². The van der Waals surface area contributed by atoms with Crippen molar-refractivity contribution in [3.05, 3.63) is 124 Å². The van der Waals surface area contributed by atoms with Gasteiger partial charge in [0.25, 0.3) is 0 Å². The summed E-state index contributed by atoms with van der Waals surface area (Å²) in [4.78, 5) is 16.2. The summed E-state index contributed by atoms with van der Waals surface area (Å²) in [6.45, 7) is 4.02. The molecule has 0 heterocycles. The molecule has 4 heteroatoms. The molecule has 0 aliphatic heterocycles. The largest absolute Gasteiger partial charge is 0.466 e. The van der Waals surface area contributed by atoms with Gasteiger partial charge in [0.05, 0.1) is 0 Å². The van der Waals surface area contributed by atoms with Crippen molar-refractivity contribution >= 4 is 29.3 Å². The van der Waals surface area contributed by atoms with Crippen LogP contribution in [0.5, 0.6) is 5.75 Å². The van der Waals surface area contributed by atoms with Crippen LogP contribution in [0.15, 0.2) is 94.7 Å². The summed E-state index contributed by atoms with van der Waals surface area (Å²) >= 11 is 3.32. The van der Waals surface area contributed by atoms with Crippen molar-refractivity contribution in [3.63, 3.8) is 0 Å². The average Bonchev–Trinajstić information content (AvgIpc) is 2.91. The lowest BCUT2D eigenvalue weighted by Crippen LogP contribution is -2.41. The average molecular weight is 521 g/mol. The van der Waals surface area contributed by atoms with E-state index in [0.717, 1.165) is 37.6 Å². The Balaban J connectivity index is 1.85. The number of benzene rings is 4. The molecule has 0 atom stereocenters. The first-order valence-corrected chi connectivity index (χ1v) is 14.6. The van der Waals surface area contributed by atoms with Gasteiger partial charge in [0.1, 0.15) is 5.75 Å². The molecular formula is C33H28O2S2. The number of para-hydroxylation sites is 1. The number of carbonyl (C=O) groups is 1. The molecule has 0 spiro atoms. The van der Waals surface area contributed by atoms with Crippen molar-refractivity contribution in [3.8, 4) is 17.6 Å². The first-order valence-electron chi connectivity index (χ1n) is 12.2. The molecular weight excluding hydrogens is 492 g/mol. The Labute approximate surface area is 227 Å². The number of carbonyl (C=O) groups excluding carboxylic acids is 1. The number of aryl methyl sites for hydroxylation is 2. The number of ether oxygens (including phenoxy) is 1. The van der Waals surface area contributed by atoms with Crippen LogP contribution < -0.4 is 4.74 Å². The van der Waals surface area contributed by atoms with E-state index in [1.54, 1.807) is 23.5 Å². The van der Waals surface area contributed by atoms with Crippen molar-refractivity contribution in [1.29, 1.82) is 0 Å². The van der Waals surface area contributed by atoms with E-state index in [1.165, 1.54) is 0 Å². The lowest BCUT2D eigenvalue weighted by molar-refractivity contribution is 0.0999. The van der Waals surface area contributed by atoms with Gasteiger partial charge in [0.2, 0.25) is 5.60 Å². The molecule has 0 saturated carbocycles. The highest BCUT2D eigenvalue weighted by Crippen LogP contribution is 2.47. The van der Waals surface area contributed by atoms with Crippen LogP contribution in [-0.2, 0) is 12.0 Å². The maximum absolute atomic E-state index is 14.1. The number of hydrogen-bond acceptors (Lipinski definition) is 4. The van der Waals surface area contributed by atoms with Gasteiger partial charge in [-0.2, -0.15) is 0 Å². The summed E-state index contributed by atoms with van der Waals surface area (Å²) in [5, 5.41) is 0. The highest BCUT2D eigenvalue weighted by atomic mass is 32.2. The van der Waals surface area contributed by atoms with Crippen LogP contribution in [0, 0.1) is 25.7 Å². The molecule has 2 nitrogen and oxygen atoms in total. The fourth-order valence-corrected chi connectivity index (χ4v) is 6.03. The van der Waals surface area contributed by atoms with Gasteiger partial charge in [0.15, 0.2) is 5.78 Å². The van der Waals surface area contributed by atoms with Crippen molar-refractivity contribution in [2.75, 3.05) is 12.5 Å². The number of fused-ring (bicyclic) bond motifs is 2.